The van der Waals surface area contributed by atoms with Crippen molar-refractivity contribution in [2.24, 2.45) is 0 Å². The Morgan fingerprint density at radius 1 is 1.19 bits per heavy atom. The summed E-state index contributed by atoms with van der Waals surface area (Å²) in [6, 6.07) is 10.6. The molecule has 3 rings (SSSR count). The average molecular weight is 282 g/mol. The summed E-state index contributed by atoms with van der Waals surface area (Å²) in [6.45, 7) is 5.26. The van der Waals surface area contributed by atoms with Gasteiger partial charge in [0.25, 0.3) is 0 Å². The Morgan fingerprint density at radius 3 is 2.76 bits per heavy atom. The lowest BCUT2D eigenvalue weighted by Gasteiger charge is -2.31. The van der Waals surface area contributed by atoms with Crippen molar-refractivity contribution < 1.29 is 0 Å². The highest BCUT2D eigenvalue weighted by molar-refractivity contribution is 5.67. The molecule has 2 aromatic rings. The number of para-hydroxylation sites is 1. The molecule has 0 spiro atoms. The number of aryl methyl sites for hydroxylation is 1. The number of benzene rings is 1. The van der Waals surface area contributed by atoms with Crippen LogP contribution in [-0.4, -0.2) is 23.6 Å². The van der Waals surface area contributed by atoms with Crippen LogP contribution in [0.25, 0.3) is 0 Å². The van der Waals surface area contributed by atoms with Crippen molar-refractivity contribution >= 4 is 17.3 Å². The third-order valence-corrected chi connectivity index (χ3v) is 3.89. The van der Waals surface area contributed by atoms with Gasteiger partial charge < -0.3 is 10.2 Å². The summed E-state index contributed by atoms with van der Waals surface area (Å²) in [7, 11) is 1.90. The van der Waals surface area contributed by atoms with Crippen LogP contribution in [-0.2, 0) is 6.42 Å². The number of aromatic nitrogens is 2. The van der Waals surface area contributed by atoms with E-state index in [0.29, 0.717) is 5.92 Å². The Morgan fingerprint density at radius 2 is 2.00 bits per heavy atom. The number of nitrogens with zero attached hydrogens (tertiary/aromatic N) is 3. The van der Waals surface area contributed by atoms with E-state index < -0.39 is 0 Å². The Labute approximate surface area is 126 Å². The lowest BCUT2D eigenvalue weighted by atomic mass is 10.0. The minimum Gasteiger partial charge on any atom is -0.373 e. The first kappa shape index (κ1) is 13.9. The largest absolute Gasteiger partial charge is 0.373 e. The normalized spacial score (nSPS) is 14.2. The highest BCUT2D eigenvalue weighted by Crippen LogP contribution is 2.33. The molecule has 0 bridgehead atoms. The standard InChI is InChI=1S/C17H22N4/c1-12(2)17-19-15(18-3)11-16(20-17)21-10-6-8-13-7-4-5-9-14(13)21/h4-5,7,9,11-12H,6,8,10H2,1-3H3,(H,18,19,20). The monoisotopic (exact) mass is 282 g/mol. The number of rotatable bonds is 3. The number of nitrogens with one attached hydrogen (secondary N) is 1. The highest BCUT2D eigenvalue weighted by Gasteiger charge is 2.20. The summed E-state index contributed by atoms with van der Waals surface area (Å²) < 4.78 is 0. The highest BCUT2D eigenvalue weighted by atomic mass is 15.2. The zero-order valence-corrected chi connectivity index (χ0v) is 12.9. The van der Waals surface area contributed by atoms with Gasteiger partial charge in [0.05, 0.1) is 0 Å². The molecule has 4 heteroatoms. The molecule has 0 unspecified atom stereocenters. The van der Waals surface area contributed by atoms with Gasteiger partial charge in [-0.3, -0.25) is 0 Å². The summed E-state index contributed by atoms with van der Waals surface area (Å²) in [6.07, 6.45) is 2.31. The van der Waals surface area contributed by atoms with Gasteiger partial charge in [0.1, 0.15) is 17.5 Å². The van der Waals surface area contributed by atoms with E-state index in [4.69, 9.17) is 4.98 Å². The second-order valence-corrected chi connectivity index (χ2v) is 5.76. The molecule has 1 aromatic heterocycles. The van der Waals surface area contributed by atoms with Gasteiger partial charge in [-0.2, -0.15) is 0 Å². The van der Waals surface area contributed by atoms with Crippen LogP contribution >= 0.6 is 0 Å². The summed E-state index contributed by atoms with van der Waals surface area (Å²) in [5.74, 6) is 3.08. The zero-order chi connectivity index (χ0) is 14.8. The van der Waals surface area contributed by atoms with Gasteiger partial charge in [-0.15, -0.1) is 0 Å². The fraction of sp³-hybridized carbons (Fsp3) is 0.412. The molecular weight excluding hydrogens is 260 g/mol. The van der Waals surface area contributed by atoms with Crippen LogP contribution in [0.15, 0.2) is 30.3 Å². The minimum absolute atomic E-state index is 0.317. The Balaban J connectivity index is 2.07. The van der Waals surface area contributed by atoms with Gasteiger partial charge in [0, 0.05) is 31.3 Å². The van der Waals surface area contributed by atoms with E-state index in [1.54, 1.807) is 0 Å². The molecule has 0 saturated heterocycles. The van der Waals surface area contributed by atoms with Crippen LogP contribution in [0.2, 0.25) is 0 Å². The smallest absolute Gasteiger partial charge is 0.138 e. The van der Waals surface area contributed by atoms with E-state index in [1.807, 2.05) is 13.1 Å². The first-order valence-electron chi connectivity index (χ1n) is 7.61. The molecule has 0 aliphatic carbocycles. The molecule has 21 heavy (non-hydrogen) atoms. The summed E-state index contributed by atoms with van der Waals surface area (Å²) >= 11 is 0. The summed E-state index contributed by atoms with van der Waals surface area (Å²) in [5.41, 5.74) is 2.68. The fourth-order valence-corrected chi connectivity index (χ4v) is 2.75. The predicted octanol–water partition coefficient (Wildman–Crippen LogP) is 3.73. The third kappa shape index (κ3) is 2.71. The molecule has 4 nitrogen and oxygen atoms in total. The maximum absolute atomic E-state index is 4.78. The number of anilines is 3. The molecule has 0 atom stereocenters. The molecule has 2 heterocycles. The summed E-state index contributed by atoms with van der Waals surface area (Å²) in [5, 5.41) is 3.15. The maximum Gasteiger partial charge on any atom is 0.138 e. The molecule has 0 amide bonds. The SMILES string of the molecule is CNc1cc(N2CCCc3ccccc32)nc(C(C)C)n1. The third-order valence-electron chi connectivity index (χ3n) is 3.89. The Kier molecular flexibility index (Phi) is 3.78. The maximum atomic E-state index is 4.78. The molecule has 0 saturated carbocycles. The molecule has 1 N–H and O–H groups in total. The first-order valence-corrected chi connectivity index (χ1v) is 7.61. The van der Waals surface area contributed by atoms with E-state index in [1.165, 1.54) is 11.3 Å². The average Bonchev–Trinajstić information content (AvgIpc) is 2.53. The van der Waals surface area contributed by atoms with Crippen LogP contribution in [0.1, 0.15) is 37.6 Å². The van der Waals surface area contributed by atoms with Crippen molar-refractivity contribution in [2.45, 2.75) is 32.6 Å². The number of hydrogen-bond donors (Lipinski definition) is 1. The lowest BCUT2D eigenvalue weighted by Crippen LogP contribution is -2.26. The van der Waals surface area contributed by atoms with Crippen LogP contribution in [0.4, 0.5) is 17.3 Å². The van der Waals surface area contributed by atoms with Gasteiger partial charge in [-0.25, -0.2) is 9.97 Å². The Hall–Kier alpha value is -2.10. The van der Waals surface area contributed by atoms with Crippen LogP contribution < -0.4 is 10.2 Å². The number of fused-ring (bicyclic) bond motifs is 1. The van der Waals surface area contributed by atoms with Crippen LogP contribution in [0, 0.1) is 0 Å². The predicted molar refractivity (Wildman–Crippen MR) is 87.4 cm³/mol. The van der Waals surface area contributed by atoms with Gasteiger partial charge >= 0.3 is 0 Å². The molecule has 0 radical (unpaired) electrons. The van der Waals surface area contributed by atoms with Crippen molar-refractivity contribution in [2.75, 3.05) is 23.8 Å². The molecule has 1 aliphatic heterocycles. The van der Waals surface area contributed by atoms with E-state index >= 15 is 0 Å². The van der Waals surface area contributed by atoms with E-state index in [2.05, 4.69) is 53.3 Å². The first-order chi connectivity index (χ1) is 10.2. The molecule has 110 valence electrons. The minimum atomic E-state index is 0.317. The van der Waals surface area contributed by atoms with Gasteiger partial charge in [-0.1, -0.05) is 32.0 Å². The van der Waals surface area contributed by atoms with Crippen molar-refractivity contribution in [3.05, 3.63) is 41.7 Å². The van der Waals surface area contributed by atoms with Gasteiger partial charge in [0.15, 0.2) is 0 Å². The van der Waals surface area contributed by atoms with Crippen molar-refractivity contribution in [3.8, 4) is 0 Å². The molecule has 1 aliphatic rings. The number of hydrogen-bond acceptors (Lipinski definition) is 4. The summed E-state index contributed by atoms with van der Waals surface area (Å²) in [4.78, 5) is 11.6. The fourth-order valence-electron chi connectivity index (χ4n) is 2.75. The molecule has 0 fully saturated rings. The lowest BCUT2D eigenvalue weighted by molar-refractivity contribution is 0.737. The second-order valence-electron chi connectivity index (χ2n) is 5.76. The zero-order valence-electron chi connectivity index (χ0n) is 12.9. The van der Waals surface area contributed by atoms with Gasteiger partial charge in [-0.05, 0) is 24.5 Å². The second kappa shape index (κ2) is 5.72. The Bertz CT molecular complexity index is 636. The van der Waals surface area contributed by atoms with E-state index in [9.17, 15) is 0 Å². The van der Waals surface area contributed by atoms with Crippen molar-refractivity contribution in [1.82, 2.24) is 9.97 Å². The molecule has 1 aromatic carbocycles. The van der Waals surface area contributed by atoms with E-state index in [-0.39, 0.29) is 0 Å². The topological polar surface area (TPSA) is 41.0 Å². The molecular formula is C17H22N4. The quantitative estimate of drug-likeness (QED) is 0.931. The van der Waals surface area contributed by atoms with Crippen LogP contribution in [0.3, 0.4) is 0 Å². The van der Waals surface area contributed by atoms with Gasteiger partial charge in [0.2, 0.25) is 0 Å². The van der Waals surface area contributed by atoms with E-state index in [0.717, 1.165) is 36.8 Å². The van der Waals surface area contributed by atoms with Crippen molar-refractivity contribution in [3.63, 3.8) is 0 Å². The van der Waals surface area contributed by atoms with Crippen LogP contribution in [0.5, 0.6) is 0 Å². The van der Waals surface area contributed by atoms with Crippen molar-refractivity contribution in [1.29, 1.82) is 0 Å².